The quantitative estimate of drug-likeness (QED) is 0.296. The first-order valence-electron chi connectivity index (χ1n) is 10.5. The van der Waals surface area contributed by atoms with Crippen LogP contribution >= 0.6 is 11.6 Å². The Labute approximate surface area is 183 Å². The molecule has 0 spiro atoms. The lowest BCUT2D eigenvalue weighted by atomic mass is 10.1. The second-order valence-electron chi connectivity index (χ2n) is 7.76. The summed E-state index contributed by atoms with van der Waals surface area (Å²) in [5, 5.41) is 0.790. The van der Waals surface area contributed by atoms with E-state index in [1.807, 2.05) is 24.3 Å². The maximum atomic E-state index is 6.40. The predicted molar refractivity (Wildman–Crippen MR) is 125 cm³/mol. The zero-order chi connectivity index (χ0) is 20.9. The van der Waals surface area contributed by atoms with Gasteiger partial charge in [0.1, 0.15) is 11.6 Å². The first kappa shape index (κ1) is 20.5. The Morgan fingerprint density at radius 3 is 2.60 bits per heavy atom. The molecule has 0 unspecified atom stereocenters. The molecule has 0 bridgehead atoms. The highest BCUT2D eigenvalue weighted by Gasteiger charge is 2.12. The highest BCUT2D eigenvalue weighted by Crippen LogP contribution is 2.23. The third kappa shape index (κ3) is 4.68. The van der Waals surface area contributed by atoms with E-state index in [4.69, 9.17) is 21.3 Å². The molecule has 154 valence electrons. The van der Waals surface area contributed by atoms with E-state index in [2.05, 4.69) is 60.9 Å². The van der Waals surface area contributed by atoms with Crippen molar-refractivity contribution in [2.45, 2.75) is 39.7 Å². The molecule has 0 N–H and O–H groups in total. The molecular weight excluding hydrogens is 392 g/mol. The van der Waals surface area contributed by atoms with Gasteiger partial charge in [0.05, 0.1) is 17.6 Å². The first-order valence-corrected chi connectivity index (χ1v) is 10.9. The summed E-state index contributed by atoms with van der Waals surface area (Å²) in [5.41, 5.74) is 5.73. The number of rotatable bonds is 8. The Hall–Kier alpha value is -2.78. The Bertz CT molecular complexity index is 1150. The fourth-order valence-electron chi connectivity index (χ4n) is 3.74. The van der Waals surface area contributed by atoms with Gasteiger partial charge in [-0.3, -0.25) is 0 Å². The molecule has 3 aromatic carbocycles. The molecule has 0 fully saturated rings. The summed E-state index contributed by atoms with van der Waals surface area (Å²) in [7, 11) is 0. The van der Waals surface area contributed by atoms with Gasteiger partial charge in [-0.2, -0.15) is 0 Å². The summed E-state index contributed by atoms with van der Waals surface area (Å²) in [6.45, 7) is 5.82. The number of halogens is 1. The van der Waals surface area contributed by atoms with Gasteiger partial charge >= 0.3 is 0 Å². The number of hydrogen-bond acceptors (Lipinski definition) is 2. The van der Waals surface area contributed by atoms with E-state index in [1.165, 1.54) is 16.6 Å². The van der Waals surface area contributed by atoms with Crippen LogP contribution in [0.2, 0.25) is 5.02 Å². The van der Waals surface area contributed by atoms with Crippen molar-refractivity contribution < 1.29 is 4.74 Å². The number of unbranched alkanes of at least 4 members (excludes halogenated alkanes) is 1. The molecule has 1 heterocycles. The molecule has 4 aromatic rings. The predicted octanol–water partition coefficient (Wildman–Crippen LogP) is 6.76. The zero-order valence-corrected chi connectivity index (χ0v) is 18.3. The van der Waals surface area contributed by atoms with Crippen LogP contribution in [0.15, 0.2) is 66.7 Å². The lowest BCUT2D eigenvalue weighted by Gasteiger charge is -2.12. The van der Waals surface area contributed by atoms with Crippen LogP contribution in [0, 0.1) is 13.8 Å². The van der Waals surface area contributed by atoms with E-state index in [9.17, 15) is 0 Å². The number of aromatic nitrogens is 2. The van der Waals surface area contributed by atoms with Gasteiger partial charge in [-0.05, 0) is 67.6 Å². The maximum Gasteiger partial charge on any atom is 0.122 e. The average Bonchev–Trinajstić information content (AvgIpc) is 3.09. The Morgan fingerprint density at radius 1 is 0.933 bits per heavy atom. The van der Waals surface area contributed by atoms with Gasteiger partial charge in [0.15, 0.2) is 0 Å². The van der Waals surface area contributed by atoms with E-state index in [0.29, 0.717) is 0 Å². The molecule has 0 atom stereocenters. The summed E-state index contributed by atoms with van der Waals surface area (Å²) in [5.74, 6) is 2.04. The van der Waals surface area contributed by atoms with Gasteiger partial charge in [0.2, 0.25) is 0 Å². The number of nitrogens with zero attached hydrogens (tertiary/aromatic N) is 2. The van der Waals surface area contributed by atoms with Gasteiger partial charge < -0.3 is 9.30 Å². The molecule has 0 saturated carbocycles. The third-order valence-corrected chi connectivity index (χ3v) is 5.79. The lowest BCUT2D eigenvalue weighted by molar-refractivity contribution is 0.301. The number of fused-ring (bicyclic) bond motifs is 1. The van der Waals surface area contributed by atoms with E-state index < -0.39 is 0 Å². The zero-order valence-electron chi connectivity index (χ0n) is 17.6. The van der Waals surface area contributed by atoms with Crippen molar-refractivity contribution in [3.63, 3.8) is 0 Å². The maximum absolute atomic E-state index is 6.40. The monoisotopic (exact) mass is 418 g/mol. The smallest absolute Gasteiger partial charge is 0.122 e. The number of benzene rings is 3. The van der Waals surface area contributed by atoms with Crippen LogP contribution in [0.5, 0.6) is 5.75 Å². The number of aryl methyl sites for hydroxylation is 3. The van der Waals surface area contributed by atoms with Gasteiger partial charge in [-0.25, -0.2) is 4.98 Å². The minimum atomic E-state index is 0.719. The number of hydrogen-bond donors (Lipinski definition) is 0. The highest BCUT2D eigenvalue weighted by atomic mass is 35.5. The first-order chi connectivity index (χ1) is 14.6. The Morgan fingerprint density at radius 2 is 1.73 bits per heavy atom. The molecular formula is C26H27ClN2O. The standard InChI is InChI=1S/C26H27ClN2O/c1-19-13-14-20(2)25(17-19)30-16-8-7-15-29-24-12-6-5-11-23(24)28-26(29)18-21-9-3-4-10-22(21)27/h3-6,9-14,17H,7-8,15-16,18H2,1-2H3. The number of imidazole rings is 1. The van der Waals surface area contributed by atoms with Crippen molar-refractivity contribution in [2.75, 3.05) is 6.61 Å². The SMILES string of the molecule is Cc1ccc(C)c(OCCCCn2c(Cc3ccccc3Cl)nc3ccccc32)c1. The fourth-order valence-corrected chi connectivity index (χ4v) is 3.94. The minimum absolute atomic E-state index is 0.719. The summed E-state index contributed by atoms with van der Waals surface area (Å²) < 4.78 is 8.35. The fraction of sp³-hybridized carbons (Fsp3) is 0.269. The minimum Gasteiger partial charge on any atom is -0.493 e. The molecule has 4 rings (SSSR count). The summed E-state index contributed by atoms with van der Waals surface area (Å²) in [6, 6.07) is 22.7. The largest absolute Gasteiger partial charge is 0.493 e. The molecule has 0 aliphatic carbocycles. The van der Waals surface area contributed by atoms with Crippen LogP contribution in [0.1, 0.15) is 35.4 Å². The van der Waals surface area contributed by atoms with Crippen molar-refractivity contribution in [1.29, 1.82) is 0 Å². The third-order valence-electron chi connectivity index (χ3n) is 5.42. The van der Waals surface area contributed by atoms with Crippen LogP contribution in [-0.4, -0.2) is 16.2 Å². The van der Waals surface area contributed by atoms with Crippen LogP contribution in [0.4, 0.5) is 0 Å². The van der Waals surface area contributed by atoms with Crippen molar-refractivity contribution in [2.24, 2.45) is 0 Å². The van der Waals surface area contributed by atoms with E-state index in [-0.39, 0.29) is 0 Å². The Balaban J connectivity index is 1.44. The Kier molecular flexibility index (Phi) is 6.39. The van der Waals surface area contributed by atoms with Crippen molar-refractivity contribution >= 4 is 22.6 Å². The van der Waals surface area contributed by atoms with Crippen LogP contribution in [0.3, 0.4) is 0 Å². The van der Waals surface area contributed by atoms with Gasteiger partial charge in [-0.1, -0.05) is 54.1 Å². The molecule has 30 heavy (non-hydrogen) atoms. The molecule has 0 amide bonds. The van der Waals surface area contributed by atoms with Crippen molar-refractivity contribution in [3.05, 3.63) is 94.3 Å². The van der Waals surface area contributed by atoms with E-state index >= 15 is 0 Å². The summed E-state index contributed by atoms with van der Waals surface area (Å²) in [4.78, 5) is 4.89. The summed E-state index contributed by atoms with van der Waals surface area (Å²) >= 11 is 6.40. The van der Waals surface area contributed by atoms with Crippen molar-refractivity contribution in [3.8, 4) is 5.75 Å². The molecule has 0 saturated heterocycles. The molecule has 0 radical (unpaired) electrons. The van der Waals surface area contributed by atoms with Crippen LogP contribution in [-0.2, 0) is 13.0 Å². The van der Waals surface area contributed by atoms with E-state index in [0.717, 1.165) is 60.1 Å². The number of ether oxygens (including phenoxy) is 1. The molecule has 1 aromatic heterocycles. The normalized spacial score (nSPS) is 11.2. The second-order valence-corrected chi connectivity index (χ2v) is 8.17. The van der Waals surface area contributed by atoms with Gasteiger partial charge in [0.25, 0.3) is 0 Å². The molecule has 0 aliphatic heterocycles. The summed E-state index contributed by atoms with van der Waals surface area (Å²) in [6.07, 6.45) is 2.75. The number of para-hydroxylation sites is 2. The molecule has 3 nitrogen and oxygen atoms in total. The van der Waals surface area contributed by atoms with E-state index in [1.54, 1.807) is 0 Å². The van der Waals surface area contributed by atoms with Gasteiger partial charge in [0, 0.05) is 18.0 Å². The topological polar surface area (TPSA) is 27.1 Å². The van der Waals surface area contributed by atoms with Crippen LogP contribution in [0.25, 0.3) is 11.0 Å². The second kappa shape index (κ2) is 9.36. The average molecular weight is 419 g/mol. The molecule has 4 heteroatoms. The molecule has 0 aliphatic rings. The highest BCUT2D eigenvalue weighted by molar-refractivity contribution is 6.31. The van der Waals surface area contributed by atoms with Crippen molar-refractivity contribution in [1.82, 2.24) is 9.55 Å². The lowest BCUT2D eigenvalue weighted by Crippen LogP contribution is -2.07. The van der Waals surface area contributed by atoms with Gasteiger partial charge in [-0.15, -0.1) is 0 Å². The van der Waals surface area contributed by atoms with Crippen LogP contribution < -0.4 is 4.74 Å².